The molecule has 1 saturated heterocycles. The minimum atomic E-state index is -0.532. The average molecular weight is 412 g/mol. The number of hydrogen-bond donors (Lipinski definition) is 3. The average Bonchev–Trinajstić information content (AvgIpc) is 2.76. The van der Waals surface area contributed by atoms with Crippen LogP contribution in [0.4, 0.5) is 0 Å². The van der Waals surface area contributed by atoms with Crippen LogP contribution < -0.4 is 10.6 Å². The highest BCUT2D eigenvalue weighted by Gasteiger charge is 2.33. The molecular weight excluding hydrogens is 382 g/mol. The number of hydrogen-bond acceptors (Lipinski definition) is 5. The molecule has 0 aliphatic carbocycles. The van der Waals surface area contributed by atoms with Crippen molar-refractivity contribution in [1.82, 2.24) is 15.6 Å². The first-order chi connectivity index (χ1) is 14.5. The Labute approximate surface area is 176 Å². The zero-order chi connectivity index (χ0) is 21.3. The summed E-state index contributed by atoms with van der Waals surface area (Å²) in [6, 6.07) is 14.8. The number of aliphatic hydroxyl groups excluding tert-OH is 1. The third-order valence-electron chi connectivity index (χ3n) is 5.30. The molecule has 0 saturated carbocycles. The van der Waals surface area contributed by atoms with Crippen molar-refractivity contribution in [1.29, 1.82) is 0 Å². The van der Waals surface area contributed by atoms with E-state index in [0.717, 1.165) is 5.56 Å². The van der Waals surface area contributed by atoms with Crippen LogP contribution >= 0.6 is 0 Å². The van der Waals surface area contributed by atoms with Crippen molar-refractivity contribution in [2.45, 2.75) is 56.9 Å². The SMILES string of the molecule is C[C@@H](NC(=O)C[C@@H]1CC[C@@H](NC(=O)Cc2ccccn2)[C@H](CO)O1)c1ccccc1. The molecule has 1 aromatic carbocycles. The number of ether oxygens (including phenoxy) is 1. The molecule has 7 heteroatoms. The van der Waals surface area contributed by atoms with E-state index in [0.29, 0.717) is 18.5 Å². The zero-order valence-electron chi connectivity index (χ0n) is 17.2. The summed E-state index contributed by atoms with van der Waals surface area (Å²) in [6.45, 7) is 1.73. The third kappa shape index (κ3) is 6.37. The van der Waals surface area contributed by atoms with Gasteiger partial charge in [-0.05, 0) is 37.5 Å². The van der Waals surface area contributed by atoms with Crippen molar-refractivity contribution >= 4 is 11.8 Å². The first kappa shape index (κ1) is 21.9. The fraction of sp³-hybridized carbons (Fsp3) is 0.435. The molecule has 1 aliphatic rings. The summed E-state index contributed by atoms with van der Waals surface area (Å²) in [5.41, 5.74) is 1.73. The van der Waals surface area contributed by atoms with Gasteiger partial charge in [0.1, 0.15) is 6.10 Å². The first-order valence-electron chi connectivity index (χ1n) is 10.3. The highest BCUT2D eigenvalue weighted by Crippen LogP contribution is 2.22. The minimum absolute atomic E-state index is 0.0884. The number of carbonyl (C=O) groups excluding carboxylic acids is 2. The van der Waals surface area contributed by atoms with E-state index in [1.807, 2.05) is 43.3 Å². The summed E-state index contributed by atoms with van der Waals surface area (Å²) in [7, 11) is 0. The topological polar surface area (TPSA) is 101 Å². The Kier molecular flexibility index (Phi) is 7.93. The lowest BCUT2D eigenvalue weighted by atomic mass is 9.96. The van der Waals surface area contributed by atoms with E-state index in [1.165, 1.54) is 0 Å². The van der Waals surface area contributed by atoms with Gasteiger partial charge in [0.25, 0.3) is 0 Å². The van der Waals surface area contributed by atoms with E-state index in [9.17, 15) is 14.7 Å². The smallest absolute Gasteiger partial charge is 0.226 e. The van der Waals surface area contributed by atoms with Gasteiger partial charge in [-0.2, -0.15) is 0 Å². The fourth-order valence-electron chi connectivity index (χ4n) is 3.70. The number of rotatable bonds is 8. The fourth-order valence-corrected chi connectivity index (χ4v) is 3.70. The van der Waals surface area contributed by atoms with Crippen LogP contribution in [0.5, 0.6) is 0 Å². The predicted octanol–water partition coefficient (Wildman–Crippen LogP) is 1.92. The summed E-state index contributed by atoms with van der Waals surface area (Å²) in [6.07, 6.45) is 2.52. The Hall–Kier alpha value is -2.77. The lowest BCUT2D eigenvalue weighted by molar-refractivity contribution is -0.136. The van der Waals surface area contributed by atoms with Crippen LogP contribution in [0.1, 0.15) is 43.5 Å². The van der Waals surface area contributed by atoms with Crippen LogP contribution in [0.3, 0.4) is 0 Å². The summed E-state index contributed by atoms with van der Waals surface area (Å²) < 4.78 is 5.92. The number of nitrogens with one attached hydrogen (secondary N) is 2. The van der Waals surface area contributed by atoms with Gasteiger partial charge in [0.2, 0.25) is 11.8 Å². The maximum Gasteiger partial charge on any atom is 0.226 e. The molecule has 3 rings (SSSR count). The van der Waals surface area contributed by atoms with Gasteiger partial charge >= 0.3 is 0 Å². The van der Waals surface area contributed by atoms with E-state index >= 15 is 0 Å². The summed E-state index contributed by atoms with van der Waals surface area (Å²) in [5, 5.41) is 15.6. The van der Waals surface area contributed by atoms with Gasteiger partial charge in [-0.15, -0.1) is 0 Å². The van der Waals surface area contributed by atoms with E-state index in [2.05, 4.69) is 15.6 Å². The molecule has 0 spiro atoms. The van der Waals surface area contributed by atoms with Crippen molar-refractivity contribution in [2.75, 3.05) is 6.61 Å². The number of carbonyl (C=O) groups is 2. The van der Waals surface area contributed by atoms with Gasteiger partial charge in [0.15, 0.2) is 0 Å². The van der Waals surface area contributed by atoms with E-state index in [1.54, 1.807) is 18.3 Å². The second-order valence-electron chi connectivity index (χ2n) is 7.63. The van der Waals surface area contributed by atoms with E-state index in [-0.39, 0.29) is 49.5 Å². The molecule has 1 aliphatic heterocycles. The number of pyridine rings is 1. The van der Waals surface area contributed by atoms with Crippen LogP contribution in [0.2, 0.25) is 0 Å². The van der Waals surface area contributed by atoms with Gasteiger partial charge in [0, 0.05) is 11.9 Å². The van der Waals surface area contributed by atoms with E-state index in [4.69, 9.17) is 4.74 Å². The molecule has 0 unspecified atom stereocenters. The van der Waals surface area contributed by atoms with Crippen LogP contribution in [0.15, 0.2) is 54.7 Å². The molecule has 0 bridgehead atoms. The number of aliphatic hydroxyl groups is 1. The monoisotopic (exact) mass is 411 g/mol. The molecule has 1 fully saturated rings. The zero-order valence-corrected chi connectivity index (χ0v) is 17.2. The first-order valence-corrected chi connectivity index (χ1v) is 10.3. The Balaban J connectivity index is 1.46. The van der Waals surface area contributed by atoms with Crippen LogP contribution in [-0.2, 0) is 20.7 Å². The minimum Gasteiger partial charge on any atom is -0.394 e. The second kappa shape index (κ2) is 10.8. The second-order valence-corrected chi connectivity index (χ2v) is 7.63. The Bertz CT molecular complexity index is 816. The normalized spacial score (nSPS) is 22.1. The molecule has 2 heterocycles. The van der Waals surface area contributed by atoms with Crippen molar-refractivity contribution < 1.29 is 19.4 Å². The van der Waals surface area contributed by atoms with Crippen LogP contribution in [-0.4, -0.2) is 46.8 Å². The van der Waals surface area contributed by atoms with Gasteiger partial charge in [-0.1, -0.05) is 36.4 Å². The standard InChI is InChI=1S/C23H29N3O4/c1-16(17-7-3-2-4-8-17)25-23(29)14-19-10-11-20(21(15-27)30-19)26-22(28)13-18-9-5-6-12-24-18/h2-9,12,16,19-21,27H,10-11,13-15H2,1H3,(H,25,29)(H,26,28)/t16-,19+,20-,21+/m1/s1. The van der Waals surface area contributed by atoms with Gasteiger partial charge in [-0.25, -0.2) is 0 Å². The highest BCUT2D eigenvalue weighted by atomic mass is 16.5. The number of aromatic nitrogens is 1. The van der Waals surface area contributed by atoms with Crippen LogP contribution in [0.25, 0.3) is 0 Å². The largest absolute Gasteiger partial charge is 0.394 e. The molecule has 1 aromatic heterocycles. The van der Waals surface area contributed by atoms with Gasteiger partial charge in [-0.3, -0.25) is 14.6 Å². The number of nitrogens with zero attached hydrogens (tertiary/aromatic N) is 1. The molecular formula is C23H29N3O4. The maximum atomic E-state index is 12.4. The van der Waals surface area contributed by atoms with Crippen LogP contribution in [0, 0.1) is 0 Å². The maximum absolute atomic E-state index is 12.4. The molecule has 4 atom stereocenters. The molecule has 2 aromatic rings. The summed E-state index contributed by atoms with van der Waals surface area (Å²) in [4.78, 5) is 28.9. The molecule has 0 radical (unpaired) electrons. The Morgan fingerprint density at radius 2 is 1.90 bits per heavy atom. The molecule has 160 valence electrons. The summed E-state index contributed by atoms with van der Waals surface area (Å²) in [5.74, 6) is -0.251. The predicted molar refractivity (Wildman–Crippen MR) is 112 cm³/mol. The highest BCUT2D eigenvalue weighted by molar-refractivity contribution is 5.78. The van der Waals surface area contributed by atoms with Gasteiger partial charge in [0.05, 0.1) is 37.6 Å². The quantitative estimate of drug-likeness (QED) is 0.616. The van der Waals surface area contributed by atoms with Crippen molar-refractivity contribution in [3.8, 4) is 0 Å². The van der Waals surface area contributed by atoms with Crippen molar-refractivity contribution in [3.05, 3.63) is 66.0 Å². The Morgan fingerprint density at radius 3 is 2.60 bits per heavy atom. The summed E-state index contributed by atoms with van der Waals surface area (Å²) >= 11 is 0. The molecule has 2 amide bonds. The molecule has 7 nitrogen and oxygen atoms in total. The van der Waals surface area contributed by atoms with Gasteiger partial charge < -0.3 is 20.5 Å². The molecule has 3 N–H and O–H groups in total. The Morgan fingerprint density at radius 1 is 1.13 bits per heavy atom. The molecule has 30 heavy (non-hydrogen) atoms. The number of amides is 2. The van der Waals surface area contributed by atoms with Crippen molar-refractivity contribution in [3.63, 3.8) is 0 Å². The van der Waals surface area contributed by atoms with E-state index < -0.39 is 6.10 Å². The number of benzene rings is 1. The lowest BCUT2D eigenvalue weighted by Gasteiger charge is -2.36. The lowest BCUT2D eigenvalue weighted by Crippen LogP contribution is -2.51. The third-order valence-corrected chi connectivity index (χ3v) is 5.30. The van der Waals surface area contributed by atoms with Crippen molar-refractivity contribution in [2.24, 2.45) is 0 Å².